The fraction of sp³-hybridized carbons (Fsp3) is 0.200. The summed E-state index contributed by atoms with van der Waals surface area (Å²) >= 11 is 0. The van der Waals surface area contributed by atoms with Gasteiger partial charge in [-0.3, -0.25) is 4.79 Å². The number of nitrogens with one attached hydrogen (secondary N) is 1. The zero-order valence-electron chi connectivity index (χ0n) is 11.9. The van der Waals surface area contributed by atoms with Crippen LogP contribution < -0.4 is 10.2 Å². The largest absolute Gasteiger partial charge is 0.347 e. The fourth-order valence-corrected chi connectivity index (χ4v) is 1.67. The lowest BCUT2D eigenvalue weighted by Crippen LogP contribution is -2.24. The first-order chi connectivity index (χ1) is 10.1. The fourth-order valence-electron chi connectivity index (χ4n) is 1.67. The van der Waals surface area contributed by atoms with Crippen molar-refractivity contribution in [2.24, 2.45) is 0 Å². The van der Waals surface area contributed by atoms with Crippen LogP contribution in [0, 0.1) is 11.3 Å². The van der Waals surface area contributed by atoms with Gasteiger partial charge in [0.1, 0.15) is 0 Å². The number of nitriles is 1. The molecular weight excluding hydrogens is 266 g/mol. The van der Waals surface area contributed by atoms with E-state index in [2.05, 4.69) is 15.3 Å². The number of hydrogen-bond acceptors (Lipinski definition) is 5. The van der Waals surface area contributed by atoms with Crippen molar-refractivity contribution in [3.63, 3.8) is 0 Å². The van der Waals surface area contributed by atoms with Crippen LogP contribution in [0.4, 0.5) is 5.95 Å². The summed E-state index contributed by atoms with van der Waals surface area (Å²) in [7, 11) is 3.71. The van der Waals surface area contributed by atoms with Crippen molar-refractivity contribution < 1.29 is 4.79 Å². The van der Waals surface area contributed by atoms with E-state index < -0.39 is 0 Å². The summed E-state index contributed by atoms with van der Waals surface area (Å²) in [6, 6.07) is 10.2. The molecule has 1 aromatic carbocycles. The first-order valence-electron chi connectivity index (χ1n) is 6.38. The van der Waals surface area contributed by atoms with Gasteiger partial charge >= 0.3 is 0 Å². The van der Waals surface area contributed by atoms with Crippen LogP contribution in [-0.2, 0) is 6.54 Å². The Morgan fingerprint density at radius 1 is 1.29 bits per heavy atom. The molecule has 0 saturated heterocycles. The van der Waals surface area contributed by atoms with E-state index in [1.165, 1.54) is 0 Å². The summed E-state index contributed by atoms with van der Waals surface area (Å²) in [5, 5.41) is 11.5. The number of anilines is 1. The van der Waals surface area contributed by atoms with Crippen molar-refractivity contribution in [1.29, 1.82) is 5.26 Å². The van der Waals surface area contributed by atoms with Gasteiger partial charge in [-0.25, -0.2) is 9.97 Å². The lowest BCUT2D eigenvalue weighted by molar-refractivity contribution is 0.0950. The van der Waals surface area contributed by atoms with E-state index in [0.717, 1.165) is 5.69 Å². The molecule has 0 aliphatic rings. The molecule has 0 unspecified atom stereocenters. The number of aromatic nitrogens is 2. The third-order valence-electron chi connectivity index (χ3n) is 2.81. The van der Waals surface area contributed by atoms with Crippen LogP contribution >= 0.6 is 0 Å². The number of hydrogen-bond donors (Lipinski definition) is 1. The molecule has 2 rings (SSSR count). The van der Waals surface area contributed by atoms with Crippen molar-refractivity contribution in [3.8, 4) is 6.07 Å². The summed E-state index contributed by atoms with van der Waals surface area (Å²) in [5.41, 5.74) is 1.77. The zero-order valence-corrected chi connectivity index (χ0v) is 11.9. The molecule has 2 aromatic rings. The molecule has 0 fully saturated rings. The molecule has 21 heavy (non-hydrogen) atoms. The SMILES string of the molecule is CN(C)c1nccc(CNC(=O)c2ccc(C#N)cc2)n1. The predicted molar refractivity (Wildman–Crippen MR) is 78.7 cm³/mol. The number of carbonyl (C=O) groups is 1. The Balaban J connectivity index is 2.00. The molecule has 1 heterocycles. The highest BCUT2D eigenvalue weighted by Crippen LogP contribution is 2.05. The first kappa shape index (κ1) is 14.5. The third kappa shape index (κ3) is 3.76. The molecule has 0 bridgehead atoms. The van der Waals surface area contributed by atoms with Crippen LogP contribution in [0.2, 0.25) is 0 Å². The Kier molecular flexibility index (Phi) is 4.46. The maximum absolute atomic E-state index is 12.0. The molecule has 0 aliphatic heterocycles. The molecule has 0 atom stereocenters. The molecule has 0 saturated carbocycles. The Morgan fingerprint density at radius 2 is 2.00 bits per heavy atom. The Hall–Kier alpha value is -2.94. The predicted octanol–water partition coefficient (Wildman–Crippen LogP) is 1.34. The number of amides is 1. The summed E-state index contributed by atoms with van der Waals surface area (Å²) in [6.45, 7) is 0.322. The van der Waals surface area contributed by atoms with Crippen LogP contribution in [-0.4, -0.2) is 30.0 Å². The van der Waals surface area contributed by atoms with Gasteiger partial charge < -0.3 is 10.2 Å². The van der Waals surface area contributed by atoms with E-state index in [1.807, 2.05) is 20.2 Å². The summed E-state index contributed by atoms with van der Waals surface area (Å²) < 4.78 is 0. The van der Waals surface area contributed by atoms with Crippen molar-refractivity contribution >= 4 is 11.9 Å². The van der Waals surface area contributed by atoms with Gasteiger partial charge in [0.2, 0.25) is 5.95 Å². The Labute approximate surface area is 123 Å². The van der Waals surface area contributed by atoms with Crippen molar-refractivity contribution in [3.05, 3.63) is 53.3 Å². The molecule has 0 spiro atoms. The molecule has 1 aromatic heterocycles. The van der Waals surface area contributed by atoms with Gasteiger partial charge in [0.25, 0.3) is 5.91 Å². The van der Waals surface area contributed by atoms with Gasteiger partial charge in [-0.15, -0.1) is 0 Å². The smallest absolute Gasteiger partial charge is 0.251 e. The third-order valence-corrected chi connectivity index (χ3v) is 2.81. The average Bonchev–Trinajstić information content (AvgIpc) is 2.53. The first-order valence-corrected chi connectivity index (χ1v) is 6.38. The minimum atomic E-state index is -0.204. The maximum atomic E-state index is 12.0. The number of carbonyl (C=O) groups excluding carboxylic acids is 1. The minimum Gasteiger partial charge on any atom is -0.347 e. The molecule has 1 amide bonds. The van der Waals surface area contributed by atoms with Gasteiger partial charge in [-0.05, 0) is 30.3 Å². The van der Waals surface area contributed by atoms with Crippen LogP contribution in [0.15, 0.2) is 36.5 Å². The second-order valence-electron chi connectivity index (χ2n) is 4.61. The highest BCUT2D eigenvalue weighted by atomic mass is 16.1. The second kappa shape index (κ2) is 6.48. The van der Waals surface area contributed by atoms with Gasteiger partial charge in [-0.2, -0.15) is 5.26 Å². The number of benzene rings is 1. The highest BCUT2D eigenvalue weighted by molar-refractivity contribution is 5.94. The van der Waals surface area contributed by atoms with E-state index in [-0.39, 0.29) is 5.91 Å². The van der Waals surface area contributed by atoms with Crippen LogP contribution in [0.3, 0.4) is 0 Å². The second-order valence-corrected chi connectivity index (χ2v) is 4.61. The molecular formula is C15H15N5O. The summed E-state index contributed by atoms with van der Waals surface area (Å²) in [5.74, 6) is 0.393. The summed E-state index contributed by atoms with van der Waals surface area (Å²) in [6.07, 6.45) is 1.66. The quantitative estimate of drug-likeness (QED) is 0.914. The summed E-state index contributed by atoms with van der Waals surface area (Å²) in [4.78, 5) is 22.2. The monoisotopic (exact) mass is 281 g/mol. The lowest BCUT2D eigenvalue weighted by atomic mass is 10.1. The molecule has 6 nitrogen and oxygen atoms in total. The van der Waals surface area contributed by atoms with E-state index in [1.54, 1.807) is 41.4 Å². The standard InChI is InChI=1S/C15H15N5O/c1-20(2)15-17-8-7-13(19-15)10-18-14(21)12-5-3-11(9-16)4-6-12/h3-8H,10H2,1-2H3,(H,18,21). The zero-order chi connectivity index (χ0) is 15.2. The molecule has 1 N–H and O–H groups in total. The van der Waals surface area contributed by atoms with Crippen LogP contribution in [0.5, 0.6) is 0 Å². The average molecular weight is 281 g/mol. The van der Waals surface area contributed by atoms with Gasteiger partial charge in [0.15, 0.2) is 0 Å². The lowest BCUT2D eigenvalue weighted by Gasteiger charge is -2.11. The maximum Gasteiger partial charge on any atom is 0.251 e. The molecule has 0 aliphatic carbocycles. The van der Waals surface area contributed by atoms with Crippen LogP contribution in [0.1, 0.15) is 21.6 Å². The topological polar surface area (TPSA) is 81.9 Å². The highest BCUT2D eigenvalue weighted by Gasteiger charge is 2.06. The van der Waals surface area contributed by atoms with Gasteiger partial charge in [0, 0.05) is 25.9 Å². The van der Waals surface area contributed by atoms with Crippen molar-refractivity contribution in [2.45, 2.75) is 6.54 Å². The molecule has 106 valence electrons. The Morgan fingerprint density at radius 3 is 2.62 bits per heavy atom. The Bertz CT molecular complexity index is 673. The minimum absolute atomic E-state index is 0.204. The number of nitrogens with zero attached hydrogens (tertiary/aromatic N) is 4. The van der Waals surface area contributed by atoms with E-state index in [9.17, 15) is 4.79 Å². The van der Waals surface area contributed by atoms with E-state index in [0.29, 0.717) is 23.6 Å². The molecule has 6 heteroatoms. The van der Waals surface area contributed by atoms with Gasteiger partial charge in [0.05, 0.1) is 23.9 Å². The van der Waals surface area contributed by atoms with Gasteiger partial charge in [-0.1, -0.05) is 0 Å². The van der Waals surface area contributed by atoms with E-state index >= 15 is 0 Å². The normalized spacial score (nSPS) is 9.76. The molecule has 0 radical (unpaired) electrons. The van der Waals surface area contributed by atoms with Crippen molar-refractivity contribution in [1.82, 2.24) is 15.3 Å². The number of rotatable bonds is 4. The van der Waals surface area contributed by atoms with Crippen LogP contribution in [0.25, 0.3) is 0 Å². The van der Waals surface area contributed by atoms with E-state index in [4.69, 9.17) is 5.26 Å². The van der Waals surface area contributed by atoms with Crippen molar-refractivity contribution in [2.75, 3.05) is 19.0 Å².